The van der Waals surface area contributed by atoms with Crippen molar-refractivity contribution in [1.82, 2.24) is 0 Å². The number of hydrogen-bond acceptors (Lipinski definition) is 2. The third-order valence-electron chi connectivity index (χ3n) is 1.83. The molecule has 5 heteroatoms. The van der Waals surface area contributed by atoms with Crippen LogP contribution in [-0.4, -0.2) is 17.0 Å². The molecule has 0 unspecified atom stereocenters. The summed E-state index contributed by atoms with van der Waals surface area (Å²) in [5.74, 6) is -1.39. The zero-order valence-corrected chi connectivity index (χ0v) is 8.84. The fraction of sp³-hybridized carbons (Fsp3) is 0.200. The molecule has 0 aliphatic heterocycles. The van der Waals surface area contributed by atoms with Gasteiger partial charge in [0.25, 0.3) is 0 Å². The van der Waals surface area contributed by atoms with E-state index in [9.17, 15) is 9.59 Å². The van der Waals surface area contributed by atoms with E-state index in [1.165, 1.54) is 18.2 Å². The average molecular weight is 228 g/mol. The highest BCUT2D eigenvalue weighted by Crippen LogP contribution is 2.26. The number of amides is 1. The Kier molecular flexibility index (Phi) is 3.68. The van der Waals surface area contributed by atoms with Gasteiger partial charge in [-0.1, -0.05) is 24.6 Å². The zero-order valence-electron chi connectivity index (χ0n) is 8.08. The molecular weight excluding hydrogens is 218 g/mol. The van der Waals surface area contributed by atoms with E-state index in [0.717, 1.165) is 0 Å². The molecule has 1 aromatic carbocycles. The lowest BCUT2D eigenvalue weighted by atomic mass is 10.1. The van der Waals surface area contributed by atoms with Crippen molar-refractivity contribution in [3.05, 3.63) is 28.8 Å². The van der Waals surface area contributed by atoms with Crippen LogP contribution < -0.4 is 5.32 Å². The van der Waals surface area contributed by atoms with Gasteiger partial charge in [0.1, 0.15) is 0 Å². The third-order valence-corrected chi connectivity index (χ3v) is 2.14. The van der Waals surface area contributed by atoms with Crippen molar-refractivity contribution in [2.24, 2.45) is 0 Å². The van der Waals surface area contributed by atoms with Gasteiger partial charge >= 0.3 is 5.97 Å². The lowest BCUT2D eigenvalue weighted by molar-refractivity contribution is -0.115. The molecule has 0 aliphatic carbocycles. The van der Waals surface area contributed by atoms with Crippen LogP contribution in [0.4, 0.5) is 5.69 Å². The Morgan fingerprint density at radius 3 is 2.67 bits per heavy atom. The first-order valence-electron chi connectivity index (χ1n) is 4.38. The van der Waals surface area contributed by atoms with Gasteiger partial charge < -0.3 is 10.4 Å². The SMILES string of the molecule is CCC(=O)Nc1c(Cl)cccc1C(=O)O. The molecule has 0 heterocycles. The molecule has 0 radical (unpaired) electrons. The summed E-state index contributed by atoms with van der Waals surface area (Å²) in [5.41, 5.74) is 0.141. The minimum atomic E-state index is -1.12. The van der Waals surface area contributed by atoms with Gasteiger partial charge in [-0.15, -0.1) is 0 Å². The van der Waals surface area contributed by atoms with Crippen LogP contribution in [0.2, 0.25) is 5.02 Å². The molecular formula is C10H10ClNO3. The van der Waals surface area contributed by atoms with Gasteiger partial charge in [-0.2, -0.15) is 0 Å². The Hall–Kier alpha value is -1.55. The van der Waals surface area contributed by atoms with E-state index < -0.39 is 5.97 Å². The molecule has 0 aromatic heterocycles. The van der Waals surface area contributed by atoms with Crippen LogP contribution in [0.25, 0.3) is 0 Å². The molecule has 2 N–H and O–H groups in total. The summed E-state index contributed by atoms with van der Waals surface area (Å²) >= 11 is 5.80. The summed E-state index contributed by atoms with van der Waals surface area (Å²) in [5, 5.41) is 11.5. The van der Waals surface area contributed by atoms with Crippen LogP contribution in [0.15, 0.2) is 18.2 Å². The van der Waals surface area contributed by atoms with E-state index >= 15 is 0 Å². The van der Waals surface area contributed by atoms with Crippen molar-refractivity contribution in [3.63, 3.8) is 0 Å². The minimum absolute atomic E-state index is 0.00991. The molecule has 15 heavy (non-hydrogen) atoms. The van der Waals surface area contributed by atoms with Crippen molar-refractivity contribution in [2.75, 3.05) is 5.32 Å². The number of hydrogen-bond donors (Lipinski definition) is 2. The maximum absolute atomic E-state index is 11.1. The van der Waals surface area contributed by atoms with Crippen molar-refractivity contribution in [3.8, 4) is 0 Å². The molecule has 0 spiro atoms. The molecule has 1 rings (SSSR count). The van der Waals surface area contributed by atoms with Crippen LogP contribution in [0.5, 0.6) is 0 Å². The number of carbonyl (C=O) groups excluding carboxylic acids is 1. The first kappa shape index (κ1) is 11.5. The molecule has 0 aliphatic rings. The molecule has 1 aromatic rings. The molecule has 1 amide bonds. The number of carbonyl (C=O) groups is 2. The van der Waals surface area contributed by atoms with E-state index in [1.54, 1.807) is 6.92 Å². The van der Waals surface area contributed by atoms with Gasteiger partial charge in [-0.3, -0.25) is 4.79 Å². The minimum Gasteiger partial charge on any atom is -0.478 e. The van der Waals surface area contributed by atoms with Crippen molar-refractivity contribution < 1.29 is 14.7 Å². The van der Waals surface area contributed by atoms with Gasteiger partial charge in [0.05, 0.1) is 16.3 Å². The molecule has 0 bridgehead atoms. The topological polar surface area (TPSA) is 66.4 Å². The molecule has 0 saturated carbocycles. The summed E-state index contributed by atoms with van der Waals surface area (Å²) < 4.78 is 0. The van der Waals surface area contributed by atoms with Crippen LogP contribution in [0.3, 0.4) is 0 Å². The first-order chi connectivity index (χ1) is 7.06. The first-order valence-corrected chi connectivity index (χ1v) is 4.75. The van der Waals surface area contributed by atoms with Gasteiger partial charge in [0, 0.05) is 6.42 Å². The van der Waals surface area contributed by atoms with E-state index in [-0.39, 0.29) is 28.6 Å². The Labute approximate surface area is 91.9 Å². The van der Waals surface area contributed by atoms with Gasteiger partial charge in [-0.05, 0) is 12.1 Å². The highest BCUT2D eigenvalue weighted by atomic mass is 35.5. The Bertz CT molecular complexity index is 404. The highest BCUT2D eigenvalue weighted by molar-refractivity contribution is 6.34. The number of benzene rings is 1. The zero-order chi connectivity index (χ0) is 11.4. The number of rotatable bonds is 3. The second-order valence-corrected chi connectivity index (χ2v) is 3.28. The summed E-state index contributed by atoms with van der Waals surface area (Å²) in [6.45, 7) is 1.67. The van der Waals surface area contributed by atoms with Crippen molar-refractivity contribution >= 4 is 29.2 Å². The number of carboxylic acids is 1. The molecule has 4 nitrogen and oxygen atoms in total. The van der Waals surface area contributed by atoms with E-state index in [1.807, 2.05) is 0 Å². The van der Waals surface area contributed by atoms with Crippen molar-refractivity contribution in [1.29, 1.82) is 0 Å². The summed E-state index contributed by atoms with van der Waals surface area (Å²) in [6, 6.07) is 4.44. The standard InChI is InChI=1S/C10H10ClNO3/c1-2-8(13)12-9-6(10(14)15)4-3-5-7(9)11/h3-5H,2H2,1H3,(H,12,13)(H,14,15). The maximum Gasteiger partial charge on any atom is 0.337 e. The molecule has 0 atom stereocenters. The molecule has 80 valence electrons. The quantitative estimate of drug-likeness (QED) is 0.833. The average Bonchev–Trinajstić information content (AvgIpc) is 2.20. The van der Waals surface area contributed by atoms with E-state index in [0.29, 0.717) is 0 Å². The second-order valence-electron chi connectivity index (χ2n) is 2.87. The fourth-order valence-corrected chi connectivity index (χ4v) is 1.28. The number of para-hydroxylation sites is 1. The summed E-state index contributed by atoms with van der Waals surface area (Å²) in [7, 11) is 0. The van der Waals surface area contributed by atoms with Crippen molar-refractivity contribution in [2.45, 2.75) is 13.3 Å². The van der Waals surface area contributed by atoms with Crippen LogP contribution in [0.1, 0.15) is 23.7 Å². The molecule has 0 fully saturated rings. The van der Waals surface area contributed by atoms with Gasteiger partial charge in [0.2, 0.25) is 5.91 Å². The van der Waals surface area contributed by atoms with Crippen LogP contribution >= 0.6 is 11.6 Å². The Morgan fingerprint density at radius 1 is 1.47 bits per heavy atom. The maximum atomic E-state index is 11.1. The lowest BCUT2D eigenvalue weighted by Crippen LogP contribution is -2.13. The van der Waals surface area contributed by atoms with Crippen LogP contribution in [0, 0.1) is 0 Å². The van der Waals surface area contributed by atoms with Gasteiger partial charge in [-0.25, -0.2) is 4.79 Å². The lowest BCUT2D eigenvalue weighted by Gasteiger charge is -2.08. The highest BCUT2D eigenvalue weighted by Gasteiger charge is 2.14. The number of halogens is 1. The normalized spacial score (nSPS) is 9.73. The number of aromatic carboxylic acids is 1. The predicted molar refractivity (Wildman–Crippen MR) is 57.3 cm³/mol. The monoisotopic (exact) mass is 227 g/mol. The molecule has 0 saturated heterocycles. The van der Waals surface area contributed by atoms with E-state index in [4.69, 9.17) is 16.7 Å². The van der Waals surface area contributed by atoms with Gasteiger partial charge in [0.15, 0.2) is 0 Å². The second kappa shape index (κ2) is 4.79. The predicted octanol–water partition coefficient (Wildman–Crippen LogP) is 2.39. The number of nitrogens with one attached hydrogen (secondary N) is 1. The number of anilines is 1. The largest absolute Gasteiger partial charge is 0.478 e. The van der Waals surface area contributed by atoms with Crippen LogP contribution in [-0.2, 0) is 4.79 Å². The smallest absolute Gasteiger partial charge is 0.337 e. The Balaban J connectivity index is 3.13. The summed E-state index contributed by atoms with van der Waals surface area (Å²) in [6.07, 6.45) is 0.268. The third kappa shape index (κ3) is 2.70. The van der Waals surface area contributed by atoms with E-state index in [2.05, 4.69) is 5.32 Å². The number of carboxylic acid groups (broad SMARTS) is 1. The summed E-state index contributed by atoms with van der Waals surface area (Å²) in [4.78, 5) is 22.0. The fourth-order valence-electron chi connectivity index (χ4n) is 1.06. The Morgan fingerprint density at radius 2 is 2.13 bits per heavy atom.